The minimum atomic E-state index is 0.296. The Hall–Kier alpha value is -0.570. The van der Waals surface area contributed by atoms with Gasteiger partial charge in [0.15, 0.2) is 0 Å². The van der Waals surface area contributed by atoms with Gasteiger partial charge in [-0.05, 0) is 50.9 Å². The summed E-state index contributed by atoms with van der Waals surface area (Å²) in [6.07, 6.45) is 1.31. The number of halogens is 1. The summed E-state index contributed by atoms with van der Waals surface area (Å²) in [5.74, 6) is 0.456. The van der Waals surface area contributed by atoms with Gasteiger partial charge in [0.2, 0.25) is 0 Å². The van der Waals surface area contributed by atoms with Gasteiger partial charge in [-0.1, -0.05) is 23.7 Å². The molecule has 17 heavy (non-hydrogen) atoms. The number of ether oxygens (including phenoxy) is 1. The van der Waals surface area contributed by atoms with E-state index in [0.29, 0.717) is 12.0 Å². The molecular weight excluding hydrogens is 234 g/mol. The van der Waals surface area contributed by atoms with Gasteiger partial charge in [-0.2, -0.15) is 0 Å². The van der Waals surface area contributed by atoms with Crippen molar-refractivity contribution in [2.45, 2.75) is 32.3 Å². The van der Waals surface area contributed by atoms with E-state index in [2.05, 4.69) is 25.2 Å². The van der Waals surface area contributed by atoms with Crippen molar-refractivity contribution < 1.29 is 4.74 Å². The number of hydrogen-bond donors (Lipinski definition) is 1. The first-order valence-corrected chi connectivity index (χ1v) is 6.53. The number of hydrogen-bond acceptors (Lipinski definition) is 2. The van der Waals surface area contributed by atoms with Crippen LogP contribution in [0.5, 0.6) is 0 Å². The van der Waals surface area contributed by atoms with Crippen LogP contribution >= 0.6 is 11.6 Å². The SMILES string of the molecule is CNCC(CCOC(C)C)c1cccc(Cl)c1. The molecule has 0 fully saturated rings. The lowest BCUT2D eigenvalue weighted by Gasteiger charge is -2.18. The highest BCUT2D eigenvalue weighted by atomic mass is 35.5. The summed E-state index contributed by atoms with van der Waals surface area (Å²) in [5.41, 5.74) is 1.28. The highest BCUT2D eigenvalue weighted by molar-refractivity contribution is 6.30. The number of likely N-dealkylation sites (N-methyl/N-ethyl adjacent to an activating group) is 1. The summed E-state index contributed by atoms with van der Waals surface area (Å²) < 4.78 is 5.61. The van der Waals surface area contributed by atoms with Gasteiger partial charge in [-0.15, -0.1) is 0 Å². The Morgan fingerprint density at radius 2 is 2.12 bits per heavy atom. The quantitative estimate of drug-likeness (QED) is 0.806. The zero-order chi connectivity index (χ0) is 12.7. The molecule has 0 amide bonds. The molecule has 0 aliphatic rings. The Bertz CT molecular complexity index is 328. The van der Waals surface area contributed by atoms with Gasteiger partial charge >= 0.3 is 0 Å². The molecule has 2 nitrogen and oxygen atoms in total. The molecule has 96 valence electrons. The van der Waals surface area contributed by atoms with Gasteiger partial charge in [0.25, 0.3) is 0 Å². The molecule has 0 aromatic heterocycles. The fraction of sp³-hybridized carbons (Fsp3) is 0.571. The zero-order valence-electron chi connectivity index (χ0n) is 10.9. The van der Waals surface area contributed by atoms with Crippen molar-refractivity contribution in [1.82, 2.24) is 5.32 Å². The van der Waals surface area contributed by atoms with Crippen LogP contribution in [0.3, 0.4) is 0 Å². The molecule has 1 aromatic rings. The molecule has 1 rings (SSSR count). The highest BCUT2D eigenvalue weighted by Crippen LogP contribution is 2.22. The van der Waals surface area contributed by atoms with E-state index in [-0.39, 0.29) is 0 Å². The smallest absolute Gasteiger partial charge is 0.0518 e. The van der Waals surface area contributed by atoms with Crippen LogP contribution in [0.4, 0.5) is 0 Å². The summed E-state index contributed by atoms with van der Waals surface area (Å²) >= 11 is 6.02. The van der Waals surface area contributed by atoms with E-state index >= 15 is 0 Å². The number of benzene rings is 1. The minimum absolute atomic E-state index is 0.296. The number of nitrogens with one attached hydrogen (secondary N) is 1. The molecule has 1 unspecified atom stereocenters. The summed E-state index contributed by atoms with van der Waals surface area (Å²) in [4.78, 5) is 0. The lowest BCUT2D eigenvalue weighted by atomic mass is 9.96. The fourth-order valence-electron chi connectivity index (χ4n) is 1.84. The molecule has 0 radical (unpaired) electrons. The molecule has 0 bridgehead atoms. The third-order valence-corrected chi connectivity index (χ3v) is 2.92. The van der Waals surface area contributed by atoms with E-state index in [1.54, 1.807) is 0 Å². The van der Waals surface area contributed by atoms with Crippen molar-refractivity contribution in [2.24, 2.45) is 0 Å². The predicted octanol–water partition coefficient (Wildman–Crippen LogP) is 3.46. The monoisotopic (exact) mass is 255 g/mol. The molecule has 0 saturated heterocycles. The van der Waals surface area contributed by atoms with Crippen LogP contribution in [-0.4, -0.2) is 26.3 Å². The second-order valence-corrected chi connectivity index (χ2v) is 4.95. The first kappa shape index (κ1) is 14.5. The maximum Gasteiger partial charge on any atom is 0.0518 e. The second kappa shape index (κ2) is 7.70. The molecule has 1 aromatic carbocycles. The van der Waals surface area contributed by atoms with Crippen LogP contribution in [-0.2, 0) is 4.74 Å². The molecule has 1 N–H and O–H groups in total. The lowest BCUT2D eigenvalue weighted by molar-refractivity contribution is 0.0734. The Labute approximate surface area is 109 Å². The number of rotatable bonds is 7. The molecule has 0 saturated carbocycles. The van der Waals surface area contributed by atoms with Gasteiger partial charge in [-0.3, -0.25) is 0 Å². The van der Waals surface area contributed by atoms with Crippen LogP contribution in [0.2, 0.25) is 5.02 Å². The Morgan fingerprint density at radius 1 is 1.35 bits per heavy atom. The Morgan fingerprint density at radius 3 is 2.71 bits per heavy atom. The van der Waals surface area contributed by atoms with Crippen molar-refractivity contribution in [3.05, 3.63) is 34.9 Å². The van der Waals surface area contributed by atoms with Gasteiger partial charge in [0.1, 0.15) is 0 Å². The van der Waals surface area contributed by atoms with Gasteiger partial charge in [0, 0.05) is 18.2 Å². The Balaban J connectivity index is 2.58. The molecule has 0 aliphatic heterocycles. The predicted molar refractivity (Wildman–Crippen MR) is 73.8 cm³/mol. The highest BCUT2D eigenvalue weighted by Gasteiger charge is 2.11. The standard InChI is InChI=1S/C14H22ClNO/c1-11(2)17-8-7-13(10-16-3)12-5-4-6-14(15)9-12/h4-6,9,11,13,16H,7-8,10H2,1-3H3. The first-order chi connectivity index (χ1) is 8.13. The molecule has 0 aliphatic carbocycles. The maximum absolute atomic E-state index is 6.02. The van der Waals surface area contributed by atoms with Crippen LogP contribution in [0, 0.1) is 0 Å². The van der Waals surface area contributed by atoms with Gasteiger partial charge < -0.3 is 10.1 Å². The molecule has 0 heterocycles. The second-order valence-electron chi connectivity index (χ2n) is 4.52. The van der Waals surface area contributed by atoms with Crippen molar-refractivity contribution in [3.63, 3.8) is 0 Å². The molecule has 3 heteroatoms. The fourth-order valence-corrected chi connectivity index (χ4v) is 2.04. The summed E-state index contributed by atoms with van der Waals surface area (Å²) in [6.45, 7) is 5.86. The van der Waals surface area contributed by atoms with Crippen molar-refractivity contribution >= 4 is 11.6 Å². The van der Waals surface area contributed by atoms with Crippen LogP contribution < -0.4 is 5.32 Å². The average Bonchev–Trinajstić information content (AvgIpc) is 2.27. The van der Waals surface area contributed by atoms with E-state index < -0.39 is 0 Å². The maximum atomic E-state index is 6.02. The summed E-state index contributed by atoms with van der Waals surface area (Å²) in [5, 5.41) is 4.02. The van der Waals surface area contributed by atoms with Crippen LogP contribution in [0.25, 0.3) is 0 Å². The zero-order valence-corrected chi connectivity index (χ0v) is 11.6. The minimum Gasteiger partial charge on any atom is -0.379 e. The largest absolute Gasteiger partial charge is 0.379 e. The van der Waals surface area contributed by atoms with Crippen molar-refractivity contribution in [3.8, 4) is 0 Å². The van der Waals surface area contributed by atoms with E-state index in [9.17, 15) is 0 Å². The lowest BCUT2D eigenvalue weighted by Crippen LogP contribution is -2.19. The Kier molecular flexibility index (Phi) is 6.56. The van der Waals surface area contributed by atoms with Gasteiger partial charge in [-0.25, -0.2) is 0 Å². The van der Waals surface area contributed by atoms with E-state index in [0.717, 1.165) is 24.6 Å². The first-order valence-electron chi connectivity index (χ1n) is 6.15. The normalized spacial score (nSPS) is 13.0. The topological polar surface area (TPSA) is 21.3 Å². The van der Waals surface area contributed by atoms with Crippen molar-refractivity contribution in [1.29, 1.82) is 0 Å². The molecular formula is C14H22ClNO. The summed E-state index contributed by atoms with van der Waals surface area (Å²) in [7, 11) is 1.97. The van der Waals surface area contributed by atoms with E-state index in [1.807, 2.05) is 25.2 Å². The molecule has 1 atom stereocenters. The van der Waals surface area contributed by atoms with Gasteiger partial charge in [0.05, 0.1) is 6.10 Å². The van der Waals surface area contributed by atoms with E-state index in [4.69, 9.17) is 16.3 Å². The molecule has 0 spiro atoms. The third-order valence-electron chi connectivity index (χ3n) is 2.69. The van der Waals surface area contributed by atoms with Crippen LogP contribution in [0.1, 0.15) is 31.7 Å². The van der Waals surface area contributed by atoms with Crippen molar-refractivity contribution in [2.75, 3.05) is 20.2 Å². The van der Waals surface area contributed by atoms with Crippen LogP contribution in [0.15, 0.2) is 24.3 Å². The van der Waals surface area contributed by atoms with E-state index in [1.165, 1.54) is 5.56 Å². The summed E-state index contributed by atoms with van der Waals surface area (Å²) in [6, 6.07) is 8.08. The third kappa shape index (κ3) is 5.53. The average molecular weight is 256 g/mol.